The standard InChI is InChI=1S/C13H20O4S/c1-17-13-7-3-5-11(10-13)9-12(14)6-4-8-18(2,15)16/h3,5,7,10,12,14H,4,6,8-9H2,1-2H3. The van der Waals surface area contributed by atoms with Crippen molar-refractivity contribution in [3.63, 3.8) is 0 Å². The van der Waals surface area contributed by atoms with Crippen LogP contribution in [0, 0.1) is 0 Å². The Morgan fingerprint density at radius 1 is 1.39 bits per heavy atom. The highest BCUT2D eigenvalue weighted by Crippen LogP contribution is 2.15. The van der Waals surface area contributed by atoms with E-state index in [1.54, 1.807) is 7.11 Å². The zero-order valence-corrected chi connectivity index (χ0v) is 11.6. The van der Waals surface area contributed by atoms with Crippen LogP contribution in [0.15, 0.2) is 24.3 Å². The molecule has 4 nitrogen and oxygen atoms in total. The van der Waals surface area contributed by atoms with Gasteiger partial charge in [0.15, 0.2) is 0 Å². The van der Waals surface area contributed by atoms with Crippen molar-refractivity contribution in [2.45, 2.75) is 25.4 Å². The predicted octanol–water partition coefficient (Wildman–Crippen LogP) is 1.42. The van der Waals surface area contributed by atoms with Crippen molar-refractivity contribution in [1.29, 1.82) is 0 Å². The molecule has 0 aromatic heterocycles. The van der Waals surface area contributed by atoms with E-state index in [-0.39, 0.29) is 5.75 Å². The number of ether oxygens (including phenoxy) is 1. The van der Waals surface area contributed by atoms with Gasteiger partial charge in [0.25, 0.3) is 0 Å². The van der Waals surface area contributed by atoms with Crippen LogP contribution >= 0.6 is 0 Å². The summed E-state index contributed by atoms with van der Waals surface area (Å²) < 4.78 is 27.0. The molecule has 0 bridgehead atoms. The summed E-state index contributed by atoms with van der Waals surface area (Å²) in [6.07, 6.45) is 2.19. The number of methoxy groups -OCH3 is 1. The molecule has 1 aromatic carbocycles. The van der Waals surface area contributed by atoms with Crippen LogP contribution in [0.2, 0.25) is 0 Å². The number of rotatable bonds is 7. The Kier molecular flexibility index (Phi) is 5.62. The molecule has 0 aliphatic carbocycles. The van der Waals surface area contributed by atoms with Crippen LogP contribution in [0.4, 0.5) is 0 Å². The van der Waals surface area contributed by atoms with Gasteiger partial charge in [-0.3, -0.25) is 0 Å². The van der Waals surface area contributed by atoms with E-state index in [9.17, 15) is 13.5 Å². The van der Waals surface area contributed by atoms with Crippen LogP contribution in [0.3, 0.4) is 0 Å². The maximum Gasteiger partial charge on any atom is 0.147 e. The fraction of sp³-hybridized carbons (Fsp3) is 0.538. The van der Waals surface area contributed by atoms with Gasteiger partial charge in [-0.1, -0.05) is 12.1 Å². The summed E-state index contributed by atoms with van der Waals surface area (Å²) >= 11 is 0. The van der Waals surface area contributed by atoms with E-state index in [1.165, 1.54) is 6.26 Å². The Labute approximate surface area is 109 Å². The Hall–Kier alpha value is -1.07. The number of sulfone groups is 1. The van der Waals surface area contributed by atoms with Crippen LogP contribution in [-0.2, 0) is 16.3 Å². The first-order valence-electron chi connectivity index (χ1n) is 5.89. The highest BCUT2D eigenvalue weighted by atomic mass is 32.2. The summed E-state index contributed by atoms with van der Waals surface area (Å²) in [5.74, 6) is 0.887. The predicted molar refractivity (Wildman–Crippen MR) is 71.6 cm³/mol. The Balaban J connectivity index is 2.41. The van der Waals surface area contributed by atoms with Crippen molar-refractivity contribution in [3.8, 4) is 5.75 Å². The summed E-state index contributed by atoms with van der Waals surface area (Å²) in [6.45, 7) is 0. The van der Waals surface area contributed by atoms with E-state index in [4.69, 9.17) is 4.74 Å². The normalized spacial score (nSPS) is 13.3. The molecule has 0 amide bonds. The smallest absolute Gasteiger partial charge is 0.147 e. The van der Waals surface area contributed by atoms with Crippen LogP contribution in [0.5, 0.6) is 5.75 Å². The summed E-state index contributed by atoms with van der Waals surface area (Å²) in [5.41, 5.74) is 0.987. The number of aliphatic hydroxyl groups excluding tert-OH is 1. The molecule has 1 atom stereocenters. The maximum atomic E-state index is 11.0. The molecule has 18 heavy (non-hydrogen) atoms. The molecule has 5 heteroatoms. The van der Waals surface area contributed by atoms with Crippen LogP contribution in [0.25, 0.3) is 0 Å². The number of benzene rings is 1. The van der Waals surface area contributed by atoms with Crippen LogP contribution in [0.1, 0.15) is 18.4 Å². The van der Waals surface area contributed by atoms with Crippen molar-refractivity contribution in [2.75, 3.05) is 19.1 Å². The minimum atomic E-state index is -2.93. The molecule has 1 rings (SSSR count). The molecule has 0 radical (unpaired) electrons. The van der Waals surface area contributed by atoms with Crippen LogP contribution in [-0.4, -0.2) is 38.7 Å². The van der Waals surface area contributed by atoms with Crippen molar-refractivity contribution in [1.82, 2.24) is 0 Å². The van der Waals surface area contributed by atoms with E-state index < -0.39 is 15.9 Å². The maximum absolute atomic E-state index is 11.0. The van der Waals surface area contributed by atoms with E-state index in [2.05, 4.69) is 0 Å². The lowest BCUT2D eigenvalue weighted by Gasteiger charge is -2.11. The lowest BCUT2D eigenvalue weighted by molar-refractivity contribution is 0.164. The van der Waals surface area contributed by atoms with Crippen molar-refractivity contribution in [2.24, 2.45) is 0 Å². The van der Waals surface area contributed by atoms with Gasteiger partial charge in [-0.05, 0) is 37.0 Å². The van der Waals surface area contributed by atoms with Gasteiger partial charge >= 0.3 is 0 Å². The average molecular weight is 272 g/mol. The first-order valence-corrected chi connectivity index (χ1v) is 7.95. The second-order valence-electron chi connectivity index (χ2n) is 4.48. The second kappa shape index (κ2) is 6.75. The Morgan fingerprint density at radius 3 is 2.72 bits per heavy atom. The van der Waals surface area contributed by atoms with Gasteiger partial charge in [-0.25, -0.2) is 8.42 Å². The minimum Gasteiger partial charge on any atom is -0.497 e. The zero-order valence-electron chi connectivity index (χ0n) is 10.8. The Bertz CT molecular complexity index is 468. The molecule has 0 aliphatic rings. The summed E-state index contributed by atoms with van der Waals surface area (Å²) in [4.78, 5) is 0. The topological polar surface area (TPSA) is 63.6 Å². The minimum absolute atomic E-state index is 0.127. The number of aliphatic hydroxyl groups is 1. The van der Waals surface area contributed by atoms with Gasteiger partial charge in [0.2, 0.25) is 0 Å². The quantitative estimate of drug-likeness (QED) is 0.815. The third kappa shape index (κ3) is 6.02. The zero-order chi connectivity index (χ0) is 13.6. The molecular weight excluding hydrogens is 252 g/mol. The van der Waals surface area contributed by atoms with Gasteiger partial charge in [0, 0.05) is 12.0 Å². The van der Waals surface area contributed by atoms with Crippen molar-refractivity contribution in [3.05, 3.63) is 29.8 Å². The molecule has 0 heterocycles. The van der Waals surface area contributed by atoms with Gasteiger partial charge in [0.1, 0.15) is 15.6 Å². The fourth-order valence-electron chi connectivity index (χ4n) is 1.75. The number of hydrogen-bond acceptors (Lipinski definition) is 4. The summed E-state index contributed by atoms with van der Waals surface area (Å²) in [7, 11) is -1.34. The van der Waals surface area contributed by atoms with Gasteiger partial charge < -0.3 is 9.84 Å². The fourth-order valence-corrected chi connectivity index (χ4v) is 2.45. The first kappa shape index (κ1) is 15.0. The lowest BCUT2D eigenvalue weighted by atomic mass is 10.0. The van der Waals surface area contributed by atoms with Gasteiger partial charge in [-0.2, -0.15) is 0 Å². The largest absolute Gasteiger partial charge is 0.497 e. The van der Waals surface area contributed by atoms with E-state index in [0.717, 1.165) is 11.3 Å². The molecule has 1 unspecified atom stereocenters. The second-order valence-corrected chi connectivity index (χ2v) is 6.74. The summed E-state index contributed by atoms with van der Waals surface area (Å²) in [6, 6.07) is 7.51. The average Bonchev–Trinajstić information content (AvgIpc) is 2.27. The first-order chi connectivity index (χ1) is 8.40. The molecule has 0 fully saturated rings. The molecule has 1 aromatic rings. The van der Waals surface area contributed by atoms with E-state index >= 15 is 0 Å². The molecule has 1 N–H and O–H groups in total. The van der Waals surface area contributed by atoms with Gasteiger partial charge in [-0.15, -0.1) is 0 Å². The van der Waals surface area contributed by atoms with E-state index in [1.807, 2.05) is 24.3 Å². The van der Waals surface area contributed by atoms with E-state index in [0.29, 0.717) is 19.3 Å². The van der Waals surface area contributed by atoms with Crippen LogP contribution < -0.4 is 4.74 Å². The monoisotopic (exact) mass is 272 g/mol. The highest BCUT2D eigenvalue weighted by Gasteiger charge is 2.09. The summed E-state index contributed by atoms with van der Waals surface area (Å²) in [5, 5.41) is 9.83. The van der Waals surface area contributed by atoms with Crippen molar-refractivity contribution >= 4 is 9.84 Å². The van der Waals surface area contributed by atoms with Gasteiger partial charge in [0.05, 0.1) is 13.2 Å². The molecule has 102 valence electrons. The van der Waals surface area contributed by atoms with Crippen molar-refractivity contribution < 1.29 is 18.3 Å². The molecule has 0 saturated carbocycles. The SMILES string of the molecule is COc1cccc(CC(O)CCCS(C)(=O)=O)c1. The third-order valence-electron chi connectivity index (χ3n) is 2.66. The number of hydrogen-bond donors (Lipinski definition) is 1. The molecule has 0 aliphatic heterocycles. The lowest BCUT2D eigenvalue weighted by Crippen LogP contribution is -2.13. The molecule has 0 saturated heterocycles. The molecule has 0 spiro atoms. The Morgan fingerprint density at radius 2 is 2.11 bits per heavy atom. The highest BCUT2D eigenvalue weighted by molar-refractivity contribution is 7.90. The third-order valence-corrected chi connectivity index (χ3v) is 3.69. The molecular formula is C13H20O4S.